The molecule has 1 atom stereocenters. The maximum Gasteiger partial charge on any atom is 0.223 e. The van der Waals surface area contributed by atoms with Crippen LogP contribution in [0.1, 0.15) is 48.1 Å². The molecule has 1 aliphatic rings. The van der Waals surface area contributed by atoms with Gasteiger partial charge in [-0.25, -0.2) is 17.1 Å². The number of nitrogens with zero attached hydrogens (tertiary/aromatic N) is 1. The van der Waals surface area contributed by atoms with Crippen molar-refractivity contribution >= 4 is 15.9 Å². The molecule has 1 saturated heterocycles. The second-order valence-corrected chi connectivity index (χ2v) is 10.1. The second-order valence-electron chi connectivity index (χ2n) is 8.13. The largest absolute Gasteiger partial charge is 0.349 e. The Balaban J connectivity index is 1.54. The minimum atomic E-state index is -3.49. The maximum absolute atomic E-state index is 13.0. The second kappa shape index (κ2) is 9.27. The molecule has 0 radical (unpaired) electrons. The summed E-state index contributed by atoms with van der Waals surface area (Å²) in [7, 11) is -3.49. The molecule has 7 heteroatoms. The van der Waals surface area contributed by atoms with Gasteiger partial charge in [0.25, 0.3) is 0 Å². The zero-order valence-electron chi connectivity index (χ0n) is 17.7. The van der Waals surface area contributed by atoms with E-state index in [1.54, 1.807) is 0 Å². The van der Waals surface area contributed by atoms with E-state index in [0.29, 0.717) is 31.5 Å². The van der Waals surface area contributed by atoms with E-state index in [2.05, 4.69) is 31.3 Å². The summed E-state index contributed by atoms with van der Waals surface area (Å²) in [5, 5.41) is 3.07. The molecule has 162 valence electrons. The molecule has 5 nitrogen and oxygen atoms in total. The number of hydrogen-bond acceptors (Lipinski definition) is 3. The van der Waals surface area contributed by atoms with Crippen molar-refractivity contribution in [3.05, 3.63) is 70.5 Å². The van der Waals surface area contributed by atoms with Gasteiger partial charge < -0.3 is 5.32 Å². The Morgan fingerprint density at radius 3 is 2.33 bits per heavy atom. The molecular weight excluding hydrogens is 403 g/mol. The molecular formula is C23H29FN2O3S. The number of piperidine rings is 1. The van der Waals surface area contributed by atoms with E-state index in [1.807, 2.05) is 13.0 Å². The molecule has 1 fully saturated rings. The molecule has 0 bridgehead atoms. The number of sulfonamides is 1. The highest BCUT2D eigenvalue weighted by atomic mass is 32.2. The van der Waals surface area contributed by atoms with Gasteiger partial charge in [-0.2, -0.15) is 0 Å². The summed E-state index contributed by atoms with van der Waals surface area (Å²) in [6.45, 7) is 6.71. The number of carbonyl (C=O) groups excluding carboxylic acids is 1. The van der Waals surface area contributed by atoms with Gasteiger partial charge in [0.2, 0.25) is 15.9 Å². The first-order valence-corrected chi connectivity index (χ1v) is 11.9. The molecule has 0 saturated carbocycles. The van der Waals surface area contributed by atoms with Crippen molar-refractivity contribution in [3.8, 4) is 0 Å². The Labute approximate surface area is 178 Å². The molecule has 0 aliphatic carbocycles. The van der Waals surface area contributed by atoms with Gasteiger partial charge in [-0.15, -0.1) is 0 Å². The lowest BCUT2D eigenvalue weighted by molar-refractivity contribution is -0.126. The first kappa shape index (κ1) is 22.4. The maximum atomic E-state index is 13.0. The number of nitrogens with one attached hydrogen (secondary N) is 1. The van der Waals surface area contributed by atoms with Crippen LogP contribution < -0.4 is 5.32 Å². The fourth-order valence-electron chi connectivity index (χ4n) is 3.73. The number of amides is 1. The number of carbonyl (C=O) groups is 1. The van der Waals surface area contributed by atoms with Crippen LogP contribution in [0, 0.1) is 25.6 Å². The summed E-state index contributed by atoms with van der Waals surface area (Å²) in [5.41, 5.74) is 4.02. The highest BCUT2D eigenvalue weighted by Crippen LogP contribution is 2.24. The molecule has 1 aliphatic heterocycles. The van der Waals surface area contributed by atoms with Crippen molar-refractivity contribution in [2.24, 2.45) is 5.92 Å². The Morgan fingerprint density at radius 1 is 1.10 bits per heavy atom. The van der Waals surface area contributed by atoms with Crippen LogP contribution in [-0.4, -0.2) is 31.7 Å². The van der Waals surface area contributed by atoms with E-state index >= 15 is 0 Å². The molecule has 1 heterocycles. The third-order valence-electron chi connectivity index (χ3n) is 5.87. The van der Waals surface area contributed by atoms with Gasteiger partial charge in [0.15, 0.2) is 0 Å². The predicted molar refractivity (Wildman–Crippen MR) is 116 cm³/mol. The van der Waals surface area contributed by atoms with E-state index < -0.39 is 15.8 Å². The SMILES string of the molecule is Cc1ccc([C@@H](C)NC(=O)C2CCN(S(=O)(=O)Cc3ccc(F)cc3)CC2)cc1C. The molecule has 0 spiro atoms. The van der Waals surface area contributed by atoms with Crippen LogP contribution in [-0.2, 0) is 20.6 Å². The minimum absolute atomic E-state index is 0.0312. The van der Waals surface area contributed by atoms with Crippen molar-refractivity contribution in [1.82, 2.24) is 9.62 Å². The Kier molecular flexibility index (Phi) is 6.93. The van der Waals surface area contributed by atoms with Gasteiger partial charge in [0, 0.05) is 19.0 Å². The quantitative estimate of drug-likeness (QED) is 0.754. The van der Waals surface area contributed by atoms with Crippen molar-refractivity contribution in [3.63, 3.8) is 0 Å². The summed E-state index contributed by atoms with van der Waals surface area (Å²) in [6.07, 6.45) is 0.988. The highest BCUT2D eigenvalue weighted by Gasteiger charge is 2.31. The average Bonchev–Trinajstić information content (AvgIpc) is 2.71. The number of hydrogen-bond donors (Lipinski definition) is 1. The number of benzene rings is 2. The third-order valence-corrected chi connectivity index (χ3v) is 7.72. The van der Waals surface area contributed by atoms with Crippen molar-refractivity contribution in [2.75, 3.05) is 13.1 Å². The summed E-state index contributed by atoms with van der Waals surface area (Å²) in [6, 6.07) is 11.6. The minimum Gasteiger partial charge on any atom is -0.349 e. The normalized spacial score (nSPS) is 16.9. The summed E-state index contributed by atoms with van der Waals surface area (Å²) in [4.78, 5) is 12.7. The first-order chi connectivity index (χ1) is 14.2. The standard InChI is InChI=1S/C23H29FN2O3S/c1-16-4-7-21(14-17(16)2)18(3)25-23(27)20-10-12-26(13-11-20)30(28,29)15-19-5-8-22(24)9-6-19/h4-9,14,18,20H,10-13,15H2,1-3H3,(H,25,27)/t18-/m1/s1. The molecule has 30 heavy (non-hydrogen) atoms. The van der Waals surface area contributed by atoms with Gasteiger partial charge in [-0.1, -0.05) is 30.3 Å². The lowest BCUT2D eigenvalue weighted by atomic mass is 9.96. The molecule has 0 aromatic heterocycles. The monoisotopic (exact) mass is 432 g/mol. The Bertz CT molecular complexity index is 998. The smallest absolute Gasteiger partial charge is 0.223 e. The van der Waals surface area contributed by atoms with Crippen molar-refractivity contribution < 1.29 is 17.6 Å². The van der Waals surface area contributed by atoms with E-state index in [1.165, 1.54) is 39.7 Å². The van der Waals surface area contributed by atoms with E-state index in [9.17, 15) is 17.6 Å². The topological polar surface area (TPSA) is 66.5 Å². The number of rotatable bonds is 6. The number of aryl methyl sites for hydroxylation is 2. The lowest BCUT2D eigenvalue weighted by Gasteiger charge is -2.31. The van der Waals surface area contributed by atoms with Gasteiger partial charge in [-0.05, 0) is 68.0 Å². The molecule has 2 aromatic carbocycles. The Morgan fingerprint density at radius 2 is 1.73 bits per heavy atom. The van der Waals surface area contributed by atoms with Crippen LogP contribution in [0.3, 0.4) is 0 Å². The summed E-state index contributed by atoms with van der Waals surface area (Å²) in [5.74, 6) is -0.779. The highest BCUT2D eigenvalue weighted by molar-refractivity contribution is 7.88. The zero-order chi connectivity index (χ0) is 21.9. The van der Waals surface area contributed by atoms with Gasteiger partial charge in [-0.3, -0.25) is 4.79 Å². The number of halogens is 1. The van der Waals surface area contributed by atoms with Crippen molar-refractivity contribution in [2.45, 2.75) is 45.4 Å². The average molecular weight is 433 g/mol. The van der Waals surface area contributed by atoms with Gasteiger partial charge in [0.1, 0.15) is 5.82 Å². The molecule has 1 N–H and O–H groups in total. The van der Waals surface area contributed by atoms with Crippen LogP contribution in [0.4, 0.5) is 4.39 Å². The van der Waals surface area contributed by atoms with E-state index in [4.69, 9.17) is 0 Å². The third kappa shape index (κ3) is 5.46. The molecule has 2 aromatic rings. The van der Waals surface area contributed by atoms with Crippen LogP contribution in [0.5, 0.6) is 0 Å². The fourth-order valence-corrected chi connectivity index (χ4v) is 5.29. The first-order valence-electron chi connectivity index (χ1n) is 10.3. The fraction of sp³-hybridized carbons (Fsp3) is 0.435. The van der Waals surface area contributed by atoms with Crippen molar-refractivity contribution in [1.29, 1.82) is 0 Å². The van der Waals surface area contributed by atoms with Crippen LogP contribution >= 0.6 is 0 Å². The van der Waals surface area contributed by atoms with E-state index in [0.717, 1.165) is 5.56 Å². The summed E-state index contributed by atoms with van der Waals surface area (Å²) >= 11 is 0. The van der Waals surface area contributed by atoms with Crippen LogP contribution in [0.25, 0.3) is 0 Å². The molecule has 0 unspecified atom stereocenters. The Hall–Kier alpha value is -2.25. The van der Waals surface area contributed by atoms with Crippen LogP contribution in [0.2, 0.25) is 0 Å². The summed E-state index contributed by atoms with van der Waals surface area (Å²) < 4.78 is 39.8. The van der Waals surface area contributed by atoms with E-state index in [-0.39, 0.29) is 23.6 Å². The lowest BCUT2D eigenvalue weighted by Crippen LogP contribution is -2.43. The van der Waals surface area contributed by atoms with Gasteiger partial charge in [0.05, 0.1) is 11.8 Å². The van der Waals surface area contributed by atoms with Gasteiger partial charge >= 0.3 is 0 Å². The molecule has 1 amide bonds. The predicted octanol–water partition coefficient (Wildman–Crippen LogP) is 3.86. The zero-order valence-corrected chi connectivity index (χ0v) is 18.5. The molecule has 3 rings (SSSR count). The van der Waals surface area contributed by atoms with Crippen LogP contribution in [0.15, 0.2) is 42.5 Å².